The minimum atomic E-state index is 0.0675. The van der Waals surface area contributed by atoms with Crippen LogP contribution in [0.5, 0.6) is 0 Å². The molecule has 1 fully saturated rings. The zero-order chi connectivity index (χ0) is 14.1. The number of nitrogens with zero attached hydrogens (tertiary/aromatic N) is 4. The molecule has 2 N–H and O–H groups in total. The first kappa shape index (κ1) is 13.8. The molecule has 0 aliphatic carbocycles. The molecule has 0 amide bonds. The van der Waals surface area contributed by atoms with E-state index in [0.717, 1.165) is 42.1 Å². The van der Waals surface area contributed by atoms with Crippen LogP contribution in [0.25, 0.3) is 0 Å². The number of aryl methyl sites for hydroxylation is 1. The van der Waals surface area contributed by atoms with Crippen LogP contribution in [-0.2, 0) is 0 Å². The third kappa shape index (κ3) is 2.65. The number of aromatic nitrogens is 2. The van der Waals surface area contributed by atoms with Gasteiger partial charge in [-0.25, -0.2) is 9.97 Å². The van der Waals surface area contributed by atoms with Crippen molar-refractivity contribution in [2.24, 2.45) is 5.73 Å². The Morgan fingerprint density at radius 3 is 2.35 bits per heavy atom. The van der Waals surface area contributed by atoms with Crippen LogP contribution in [0, 0.1) is 6.92 Å². The molecule has 0 aromatic carbocycles. The summed E-state index contributed by atoms with van der Waals surface area (Å²) >= 11 is 3.43. The number of nitrogens with two attached hydrogens (primary N) is 1. The predicted molar refractivity (Wildman–Crippen MR) is 86.0 cm³/mol. The quantitative estimate of drug-likeness (QED) is 0.942. The van der Waals surface area contributed by atoms with Gasteiger partial charge in [0.1, 0.15) is 0 Å². The Kier molecular flexibility index (Phi) is 3.91. The van der Waals surface area contributed by atoms with Gasteiger partial charge in [-0.05, 0) is 13.8 Å². The van der Waals surface area contributed by atoms with E-state index in [1.165, 1.54) is 4.88 Å². The fraction of sp³-hybridized carbons (Fsp3) is 0.538. The lowest BCUT2D eigenvalue weighted by atomic mass is 10.2. The van der Waals surface area contributed by atoms with Crippen LogP contribution >= 0.6 is 22.7 Å². The second-order valence-corrected chi connectivity index (χ2v) is 6.91. The molecule has 3 rings (SSSR count). The monoisotopic (exact) mass is 309 g/mol. The Bertz CT molecular complexity index is 555. The third-order valence-electron chi connectivity index (χ3n) is 3.47. The fourth-order valence-corrected chi connectivity index (χ4v) is 4.18. The minimum Gasteiger partial charge on any atom is -0.345 e. The highest BCUT2D eigenvalue weighted by Crippen LogP contribution is 2.30. The number of hydrogen-bond acceptors (Lipinski definition) is 7. The highest BCUT2D eigenvalue weighted by Gasteiger charge is 2.22. The van der Waals surface area contributed by atoms with Crippen molar-refractivity contribution < 1.29 is 0 Å². The van der Waals surface area contributed by atoms with Crippen molar-refractivity contribution in [1.29, 1.82) is 0 Å². The van der Waals surface area contributed by atoms with Crippen molar-refractivity contribution in [3.63, 3.8) is 0 Å². The van der Waals surface area contributed by atoms with E-state index in [9.17, 15) is 0 Å². The van der Waals surface area contributed by atoms with E-state index >= 15 is 0 Å². The van der Waals surface area contributed by atoms with Gasteiger partial charge in [-0.3, -0.25) is 0 Å². The molecule has 0 radical (unpaired) electrons. The van der Waals surface area contributed by atoms with Crippen molar-refractivity contribution in [3.05, 3.63) is 22.1 Å². The minimum absolute atomic E-state index is 0.0675. The van der Waals surface area contributed by atoms with E-state index in [1.807, 2.05) is 25.4 Å². The normalized spacial score (nSPS) is 17.6. The first-order chi connectivity index (χ1) is 9.65. The maximum Gasteiger partial charge on any atom is 0.185 e. The zero-order valence-corrected chi connectivity index (χ0v) is 13.4. The van der Waals surface area contributed by atoms with Gasteiger partial charge in [0, 0.05) is 48.7 Å². The lowest BCUT2D eigenvalue weighted by Crippen LogP contribution is -2.46. The summed E-state index contributed by atoms with van der Waals surface area (Å²) in [6.07, 6.45) is 1.87. The van der Waals surface area contributed by atoms with E-state index in [-0.39, 0.29) is 6.04 Å². The summed E-state index contributed by atoms with van der Waals surface area (Å²) < 4.78 is 0. The Balaban J connectivity index is 1.67. The number of rotatable bonds is 3. The molecule has 2 aromatic rings. The van der Waals surface area contributed by atoms with Gasteiger partial charge in [0.15, 0.2) is 10.3 Å². The summed E-state index contributed by atoms with van der Waals surface area (Å²) in [7, 11) is 0. The van der Waals surface area contributed by atoms with Crippen molar-refractivity contribution in [3.8, 4) is 0 Å². The first-order valence-corrected chi connectivity index (χ1v) is 8.47. The second kappa shape index (κ2) is 5.67. The molecule has 1 atom stereocenters. The summed E-state index contributed by atoms with van der Waals surface area (Å²) in [5.41, 5.74) is 7.05. The number of anilines is 2. The average Bonchev–Trinajstić information content (AvgIpc) is 3.08. The molecule has 0 saturated carbocycles. The molecule has 0 spiro atoms. The van der Waals surface area contributed by atoms with Crippen LogP contribution in [0.3, 0.4) is 0 Å². The van der Waals surface area contributed by atoms with E-state index in [2.05, 4.69) is 19.8 Å². The average molecular weight is 309 g/mol. The van der Waals surface area contributed by atoms with Gasteiger partial charge < -0.3 is 15.5 Å². The molecule has 1 saturated heterocycles. The molecule has 1 aliphatic rings. The van der Waals surface area contributed by atoms with Gasteiger partial charge in [0.05, 0.1) is 5.69 Å². The fourth-order valence-electron chi connectivity index (χ4n) is 2.41. The summed E-state index contributed by atoms with van der Waals surface area (Å²) in [6.45, 7) is 8.05. The van der Waals surface area contributed by atoms with Crippen LogP contribution in [0.1, 0.15) is 23.5 Å². The Labute approximate surface area is 127 Å². The second-order valence-electron chi connectivity index (χ2n) is 5.02. The van der Waals surface area contributed by atoms with Crippen LogP contribution in [0.2, 0.25) is 0 Å². The van der Waals surface area contributed by atoms with Crippen molar-refractivity contribution in [1.82, 2.24) is 9.97 Å². The Hall–Kier alpha value is -1.18. The molecule has 1 unspecified atom stereocenters. The predicted octanol–water partition coefficient (Wildman–Crippen LogP) is 2.25. The molecule has 20 heavy (non-hydrogen) atoms. The van der Waals surface area contributed by atoms with Crippen LogP contribution in [0.4, 0.5) is 10.3 Å². The molecular formula is C13H19N5S2. The molecule has 1 aliphatic heterocycles. The van der Waals surface area contributed by atoms with Crippen molar-refractivity contribution >= 4 is 32.9 Å². The highest BCUT2D eigenvalue weighted by atomic mass is 32.1. The SMILES string of the molecule is Cc1nc(N2CCN(c3nccs3)CC2)sc1C(C)N. The van der Waals surface area contributed by atoms with E-state index in [1.54, 1.807) is 22.7 Å². The molecule has 5 nitrogen and oxygen atoms in total. The lowest BCUT2D eigenvalue weighted by Gasteiger charge is -2.34. The summed E-state index contributed by atoms with van der Waals surface area (Å²) in [5, 5.41) is 4.26. The van der Waals surface area contributed by atoms with Crippen molar-refractivity contribution in [2.75, 3.05) is 36.0 Å². The van der Waals surface area contributed by atoms with Crippen LogP contribution < -0.4 is 15.5 Å². The van der Waals surface area contributed by atoms with E-state index in [0.29, 0.717) is 0 Å². The topological polar surface area (TPSA) is 58.3 Å². The summed E-state index contributed by atoms with van der Waals surface area (Å²) in [5.74, 6) is 0. The number of hydrogen-bond donors (Lipinski definition) is 1. The molecule has 7 heteroatoms. The van der Waals surface area contributed by atoms with Gasteiger partial charge in [-0.1, -0.05) is 0 Å². The van der Waals surface area contributed by atoms with Gasteiger partial charge in [0.2, 0.25) is 0 Å². The van der Waals surface area contributed by atoms with Gasteiger partial charge in [0.25, 0.3) is 0 Å². The Morgan fingerprint density at radius 2 is 1.85 bits per heavy atom. The molecule has 0 bridgehead atoms. The lowest BCUT2D eigenvalue weighted by molar-refractivity contribution is 0.650. The summed E-state index contributed by atoms with van der Waals surface area (Å²) in [6, 6.07) is 0.0675. The van der Waals surface area contributed by atoms with Gasteiger partial charge in [-0.2, -0.15) is 0 Å². The zero-order valence-electron chi connectivity index (χ0n) is 11.7. The molecule has 3 heterocycles. The Morgan fingerprint density at radius 1 is 1.20 bits per heavy atom. The van der Waals surface area contributed by atoms with Crippen molar-refractivity contribution in [2.45, 2.75) is 19.9 Å². The standard InChI is InChI=1S/C13H19N5S2/c1-9(14)11-10(2)16-13(20-11)18-6-4-17(5-7-18)12-15-3-8-19-12/h3,8-9H,4-7,14H2,1-2H3. The molecular weight excluding hydrogens is 290 g/mol. The first-order valence-electron chi connectivity index (χ1n) is 6.77. The van der Waals surface area contributed by atoms with Gasteiger partial charge in [-0.15, -0.1) is 22.7 Å². The van der Waals surface area contributed by atoms with E-state index < -0.39 is 0 Å². The maximum absolute atomic E-state index is 5.98. The largest absolute Gasteiger partial charge is 0.345 e. The molecule has 108 valence electrons. The summed E-state index contributed by atoms with van der Waals surface area (Å²) in [4.78, 5) is 14.9. The smallest absolute Gasteiger partial charge is 0.185 e. The highest BCUT2D eigenvalue weighted by molar-refractivity contribution is 7.15. The van der Waals surface area contributed by atoms with Crippen LogP contribution in [-0.4, -0.2) is 36.1 Å². The third-order valence-corrected chi connectivity index (χ3v) is 5.73. The number of thiazole rings is 2. The van der Waals surface area contributed by atoms with E-state index in [4.69, 9.17) is 5.73 Å². The molecule has 2 aromatic heterocycles. The van der Waals surface area contributed by atoms with Crippen LogP contribution in [0.15, 0.2) is 11.6 Å². The number of piperazine rings is 1. The van der Waals surface area contributed by atoms with Gasteiger partial charge >= 0.3 is 0 Å². The maximum atomic E-state index is 5.98.